The molecule has 0 N–H and O–H groups in total. The second kappa shape index (κ2) is 11.0. The van der Waals surface area contributed by atoms with Gasteiger partial charge in [-0.1, -0.05) is 127 Å². The van der Waals surface area contributed by atoms with Gasteiger partial charge in [-0.3, -0.25) is 0 Å². The minimum Gasteiger partial charge on any atom is -0.456 e. The number of anilines is 3. The lowest BCUT2D eigenvalue weighted by molar-refractivity contribution is 0.669. The zero-order chi connectivity index (χ0) is 32.3. The zero-order valence-electron chi connectivity index (χ0n) is 26.5. The van der Waals surface area contributed by atoms with E-state index in [9.17, 15) is 0 Å². The molecule has 3 nitrogen and oxygen atoms in total. The zero-order valence-corrected chi connectivity index (χ0v) is 26.5. The highest BCUT2D eigenvalue weighted by molar-refractivity contribution is 6.17. The van der Waals surface area contributed by atoms with Crippen molar-refractivity contribution >= 4 is 71.7 Å². The summed E-state index contributed by atoms with van der Waals surface area (Å²) in [7, 11) is 0. The van der Waals surface area contributed by atoms with Gasteiger partial charge in [0, 0.05) is 38.3 Å². The molecule has 2 heterocycles. The fraction of sp³-hybridized carbons (Fsp3) is 0. The molecule has 0 fully saturated rings. The third-order valence-corrected chi connectivity index (χ3v) is 9.66. The molecule has 0 unspecified atom stereocenters. The first-order valence-corrected chi connectivity index (χ1v) is 16.6. The Morgan fingerprint density at radius 1 is 0.367 bits per heavy atom. The fourth-order valence-corrected chi connectivity index (χ4v) is 7.38. The van der Waals surface area contributed by atoms with Crippen LogP contribution in [0.3, 0.4) is 0 Å². The number of fused-ring (bicyclic) bond motifs is 8. The molecule has 0 atom stereocenters. The van der Waals surface area contributed by atoms with Crippen molar-refractivity contribution in [3.63, 3.8) is 0 Å². The summed E-state index contributed by atoms with van der Waals surface area (Å²) in [6.07, 6.45) is 0. The molecule has 0 saturated carbocycles. The van der Waals surface area contributed by atoms with Crippen molar-refractivity contribution in [3.05, 3.63) is 176 Å². The maximum atomic E-state index is 6.86. The van der Waals surface area contributed by atoms with E-state index < -0.39 is 0 Å². The third-order valence-electron chi connectivity index (χ3n) is 9.66. The van der Waals surface area contributed by atoms with E-state index in [4.69, 9.17) is 8.83 Å². The van der Waals surface area contributed by atoms with Crippen LogP contribution in [0.25, 0.3) is 76.9 Å². The molecule has 0 aliphatic carbocycles. The van der Waals surface area contributed by atoms with Gasteiger partial charge in [0.2, 0.25) is 0 Å². The van der Waals surface area contributed by atoms with E-state index in [-0.39, 0.29) is 0 Å². The Morgan fingerprint density at radius 2 is 1.06 bits per heavy atom. The molecule has 0 aliphatic heterocycles. The Bertz CT molecular complexity index is 2830. The quantitative estimate of drug-likeness (QED) is 0.190. The predicted molar refractivity (Wildman–Crippen MR) is 204 cm³/mol. The van der Waals surface area contributed by atoms with E-state index in [1.807, 2.05) is 18.2 Å². The van der Waals surface area contributed by atoms with Crippen LogP contribution in [0.4, 0.5) is 17.1 Å². The van der Waals surface area contributed by atoms with Crippen molar-refractivity contribution in [3.8, 4) is 22.3 Å². The average Bonchev–Trinajstić information content (AvgIpc) is 3.75. The van der Waals surface area contributed by atoms with Gasteiger partial charge < -0.3 is 13.7 Å². The highest BCUT2D eigenvalue weighted by Gasteiger charge is 2.21. The van der Waals surface area contributed by atoms with Crippen LogP contribution < -0.4 is 4.90 Å². The molecule has 3 heteroatoms. The maximum Gasteiger partial charge on any atom is 0.159 e. The van der Waals surface area contributed by atoms with Crippen molar-refractivity contribution in [2.45, 2.75) is 0 Å². The van der Waals surface area contributed by atoms with Gasteiger partial charge >= 0.3 is 0 Å². The monoisotopic (exact) mass is 627 g/mol. The number of rotatable bonds is 5. The van der Waals surface area contributed by atoms with Crippen LogP contribution >= 0.6 is 0 Å². The Kier molecular flexibility index (Phi) is 6.18. The predicted octanol–water partition coefficient (Wildman–Crippen LogP) is 13.4. The van der Waals surface area contributed by atoms with E-state index in [0.717, 1.165) is 83.0 Å². The SMILES string of the molecule is c1ccc(-c2cccc(N(c3ccc(-c4cccc5oc6ccccc6c45)cc3)c3cccc4c3oc3c5ccccc5ccc43)c2)cc1. The van der Waals surface area contributed by atoms with Gasteiger partial charge in [0.05, 0.1) is 5.69 Å². The van der Waals surface area contributed by atoms with Crippen molar-refractivity contribution in [2.24, 2.45) is 0 Å². The van der Waals surface area contributed by atoms with Crippen LogP contribution in [-0.4, -0.2) is 0 Å². The minimum atomic E-state index is 0.859. The molecule has 0 aliphatic rings. The van der Waals surface area contributed by atoms with Crippen molar-refractivity contribution in [2.75, 3.05) is 4.90 Å². The van der Waals surface area contributed by atoms with E-state index in [2.05, 4.69) is 163 Å². The summed E-state index contributed by atoms with van der Waals surface area (Å²) >= 11 is 0. The van der Waals surface area contributed by atoms with Crippen LogP contribution in [0.15, 0.2) is 185 Å². The Morgan fingerprint density at radius 3 is 1.96 bits per heavy atom. The lowest BCUT2D eigenvalue weighted by Gasteiger charge is -2.26. The largest absolute Gasteiger partial charge is 0.456 e. The number of hydrogen-bond donors (Lipinski definition) is 0. The molecule has 49 heavy (non-hydrogen) atoms. The molecule has 10 aromatic rings. The summed E-state index contributed by atoms with van der Waals surface area (Å²) < 4.78 is 13.1. The molecular weight excluding hydrogens is 599 g/mol. The first kappa shape index (κ1) is 27.5. The molecule has 10 rings (SSSR count). The molecule has 0 bridgehead atoms. The van der Waals surface area contributed by atoms with Gasteiger partial charge in [0.25, 0.3) is 0 Å². The van der Waals surface area contributed by atoms with E-state index in [0.29, 0.717) is 0 Å². The van der Waals surface area contributed by atoms with Gasteiger partial charge in [-0.15, -0.1) is 0 Å². The molecule has 0 saturated heterocycles. The van der Waals surface area contributed by atoms with Crippen molar-refractivity contribution < 1.29 is 8.83 Å². The first-order chi connectivity index (χ1) is 24.3. The summed E-state index contributed by atoms with van der Waals surface area (Å²) in [6, 6.07) is 61.9. The highest BCUT2D eigenvalue weighted by atomic mass is 16.3. The Balaban J connectivity index is 1.18. The average molecular weight is 628 g/mol. The molecule has 2 aromatic heterocycles. The number of furan rings is 2. The topological polar surface area (TPSA) is 29.5 Å². The lowest BCUT2D eigenvalue weighted by Crippen LogP contribution is -2.10. The first-order valence-electron chi connectivity index (χ1n) is 16.6. The Labute approximate surface area is 282 Å². The lowest BCUT2D eigenvalue weighted by atomic mass is 9.99. The number of para-hydroxylation sites is 2. The van der Waals surface area contributed by atoms with Crippen LogP contribution in [0.1, 0.15) is 0 Å². The van der Waals surface area contributed by atoms with Gasteiger partial charge in [0.15, 0.2) is 5.58 Å². The van der Waals surface area contributed by atoms with Gasteiger partial charge in [-0.25, -0.2) is 0 Å². The smallest absolute Gasteiger partial charge is 0.159 e. The van der Waals surface area contributed by atoms with E-state index >= 15 is 0 Å². The molecule has 0 spiro atoms. The second-order valence-electron chi connectivity index (χ2n) is 12.5. The summed E-state index contributed by atoms with van der Waals surface area (Å²) in [4.78, 5) is 2.32. The van der Waals surface area contributed by atoms with E-state index in [1.165, 1.54) is 10.9 Å². The van der Waals surface area contributed by atoms with Gasteiger partial charge in [-0.2, -0.15) is 0 Å². The minimum absolute atomic E-state index is 0.859. The van der Waals surface area contributed by atoms with Crippen LogP contribution in [-0.2, 0) is 0 Å². The standard InChI is InChI=1S/C46H29NO2/c1-2-11-30(12-3-1)33-14-8-15-35(29-33)47(41-20-9-19-38-39-28-25-31-13-4-5-16-37(31)45(39)49-46(38)41)34-26-23-32(24-27-34)36-18-10-22-43-44(36)40-17-6-7-21-42(40)48-43/h1-29H. The third kappa shape index (κ3) is 4.44. The van der Waals surface area contributed by atoms with Crippen molar-refractivity contribution in [1.82, 2.24) is 0 Å². The summed E-state index contributed by atoms with van der Waals surface area (Å²) in [5.74, 6) is 0. The number of hydrogen-bond acceptors (Lipinski definition) is 3. The molecule has 0 radical (unpaired) electrons. The maximum absolute atomic E-state index is 6.86. The second-order valence-corrected chi connectivity index (χ2v) is 12.5. The van der Waals surface area contributed by atoms with Crippen LogP contribution in [0.5, 0.6) is 0 Å². The number of nitrogens with zero attached hydrogens (tertiary/aromatic N) is 1. The van der Waals surface area contributed by atoms with E-state index in [1.54, 1.807) is 0 Å². The fourth-order valence-electron chi connectivity index (χ4n) is 7.38. The summed E-state index contributed by atoms with van der Waals surface area (Å²) in [5, 5.41) is 6.75. The molecule has 0 amide bonds. The highest BCUT2D eigenvalue weighted by Crippen LogP contribution is 2.45. The normalized spacial score (nSPS) is 11.7. The Hall–Kier alpha value is -6.58. The van der Waals surface area contributed by atoms with Gasteiger partial charge in [0.1, 0.15) is 16.7 Å². The van der Waals surface area contributed by atoms with Crippen LogP contribution in [0, 0.1) is 0 Å². The van der Waals surface area contributed by atoms with Gasteiger partial charge in [-0.05, 0) is 76.2 Å². The molecule has 8 aromatic carbocycles. The molecule has 230 valence electrons. The van der Waals surface area contributed by atoms with Crippen LogP contribution in [0.2, 0.25) is 0 Å². The number of benzene rings is 8. The summed E-state index contributed by atoms with van der Waals surface area (Å²) in [5.41, 5.74) is 11.3. The molecular formula is C46H29NO2. The summed E-state index contributed by atoms with van der Waals surface area (Å²) in [6.45, 7) is 0. The van der Waals surface area contributed by atoms with Crippen molar-refractivity contribution in [1.29, 1.82) is 0 Å².